The molecule has 1 aliphatic rings. The Hall–Kier alpha value is -2.37. The van der Waals surface area contributed by atoms with E-state index >= 15 is 0 Å². The van der Waals surface area contributed by atoms with Gasteiger partial charge >= 0.3 is 0 Å². The number of hydrogen-bond acceptors (Lipinski definition) is 3. The summed E-state index contributed by atoms with van der Waals surface area (Å²) in [6, 6.07) is 3.27. The van der Waals surface area contributed by atoms with Crippen LogP contribution in [0, 0.1) is 0 Å². The van der Waals surface area contributed by atoms with E-state index in [4.69, 9.17) is 5.73 Å². The average molecular weight is 260 g/mol. The van der Waals surface area contributed by atoms with E-state index in [1.807, 2.05) is 0 Å². The van der Waals surface area contributed by atoms with Crippen molar-refractivity contribution in [1.29, 1.82) is 0 Å². The van der Waals surface area contributed by atoms with Gasteiger partial charge in [-0.3, -0.25) is 4.79 Å². The number of nitrogens with two attached hydrogens (primary N) is 1. The van der Waals surface area contributed by atoms with Gasteiger partial charge in [-0.15, -0.1) is 0 Å². The molecule has 0 aliphatic heterocycles. The van der Waals surface area contributed by atoms with E-state index in [-0.39, 0.29) is 17.1 Å². The van der Waals surface area contributed by atoms with E-state index in [0.717, 1.165) is 5.69 Å². The lowest BCUT2D eigenvalue weighted by atomic mass is 10.1. The summed E-state index contributed by atoms with van der Waals surface area (Å²) in [4.78, 5) is 19.2. The van der Waals surface area contributed by atoms with Crippen LogP contribution in [0.5, 0.6) is 0 Å². The average Bonchev–Trinajstić information content (AvgIpc) is 2.76. The molecular formula is C13H13FN4O. The number of aromatic amines is 1. The molecule has 2 heterocycles. The van der Waals surface area contributed by atoms with Crippen LogP contribution in [0.15, 0.2) is 29.0 Å². The summed E-state index contributed by atoms with van der Waals surface area (Å²) in [6.07, 6.45) is 4.08. The van der Waals surface area contributed by atoms with Gasteiger partial charge < -0.3 is 15.3 Å². The minimum Gasteiger partial charge on any atom is -0.394 e. The van der Waals surface area contributed by atoms with E-state index in [2.05, 4.69) is 9.97 Å². The zero-order valence-electron chi connectivity index (χ0n) is 10.2. The maximum atomic E-state index is 13.2. The predicted octanol–water partition coefficient (Wildman–Crippen LogP) is 1.46. The molecule has 0 spiro atoms. The van der Waals surface area contributed by atoms with Crippen LogP contribution in [-0.4, -0.2) is 14.5 Å². The molecule has 0 saturated heterocycles. The fourth-order valence-electron chi connectivity index (χ4n) is 2.17. The summed E-state index contributed by atoms with van der Waals surface area (Å²) >= 11 is 0. The monoisotopic (exact) mass is 260 g/mol. The summed E-state index contributed by atoms with van der Waals surface area (Å²) in [5.74, 6) is 0.468. The van der Waals surface area contributed by atoms with Crippen LogP contribution in [-0.2, 0) is 13.0 Å². The van der Waals surface area contributed by atoms with Crippen LogP contribution >= 0.6 is 0 Å². The second-order valence-electron chi connectivity index (χ2n) is 4.54. The van der Waals surface area contributed by atoms with E-state index in [9.17, 15) is 9.18 Å². The third kappa shape index (κ3) is 2.16. The molecule has 0 radical (unpaired) electrons. The number of pyridine rings is 1. The van der Waals surface area contributed by atoms with Crippen molar-refractivity contribution in [3.8, 4) is 0 Å². The standard InChI is InChI=1S/C13H13FN4O/c14-8-3-4-10-11(6-8)17-12(16-10)7-18-5-1-2-9(15)13(18)19/h1-2,5-6H,3-4,7,15H2,(H,16,17). The zero-order valence-corrected chi connectivity index (χ0v) is 10.2. The Bertz CT molecular complexity index is 714. The highest BCUT2D eigenvalue weighted by Gasteiger charge is 2.15. The molecule has 0 bridgehead atoms. The predicted molar refractivity (Wildman–Crippen MR) is 70.2 cm³/mol. The largest absolute Gasteiger partial charge is 0.394 e. The van der Waals surface area contributed by atoms with Gasteiger partial charge in [0.15, 0.2) is 0 Å². The first-order chi connectivity index (χ1) is 9.13. The number of nitrogen functional groups attached to an aromatic ring is 1. The highest BCUT2D eigenvalue weighted by atomic mass is 19.1. The SMILES string of the molecule is Nc1cccn(Cc2nc3c([nH]2)CCC(F)=C3)c1=O. The number of imidazole rings is 1. The topological polar surface area (TPSA) is 76.7 Å². The summed E-state index contributed by atoms with van der Waals surface area (Å²) < 4.78 is 14.6. The first-order valence-corrected chi connectivity index (χ1v) is 6.02. The van der Waals surface area contributed by atoms with Gasteiger partial charge in [0.1, 0.15) is 11.7 Å². The van der Waals surface area contributed by atoms with Gasteiger partial charge in [0.25, 0.3) is 5.56 Å². The van der Waals surface area contributed by atoms with Crippen LogP contribution in [0.1, 0.15) is 23.6 Å². The minimum absolute atomic E-state index is 0.160. The third-order valence-corrected chi connectivity index (χ3v) is 3.14. The zero-order chi connectivity index (χ0) is 13.4. The number of H-pyrrole nitrogens is 1. The van der Waals surface area contributed by atoms with Gasteiger partial charge in [0.05, 0.1) is 17.9 Å². The molecular weight excluding hydrogens is 247 g/mol. The number of hydrogen-bond donors (Lipinski definition) is 2. The van der Waals surface area contributed by atoms with Crippen molar-refractivity contribution >= 4 is 11.8 Å². The molecule has 19 heavy (non-hydrogen) atoms. The maximum absolute atomic E-state index is 13.2. The van der Waals surface area contributed by atoms with Crippen LogP contribution in [0.4, 0.5) is 10.1 Å². The number of nitrogens with zero attached hydrogens (tertiary/aromatic N) is 2. The quantitative estimate of drug-likeness (QED) is 0.858. The summed E-state index contributed by atoms with van der Waals surface area (Å²) in [6.45, 7) is 0.298. The van der Waals surface area contributed by atoms with Crippen molar-refractivity contribution < 1.29 is 4.39 Å². The summed E-state index contributed by atoms with van der Waals surface area (Å²) in [5, 5.41) is 0. The van der Waals surface area contributed by atoms with Gasteiger partial charge in [-0.2, -0.15) is 0 Å². The lowest BCUT2D eigenvalue weighted by Gasteiger charge is -2.04. The number of aromatic nitrogens is 3. The van der Waals surface area contributed by atoms with Crippen molar-refractivity contribution in [3.05, 3.63) is 51.7 Å². The normalized spacial score (nSPS) is 14.1. The summed E-state index contributed by atoms with van der Waals surface area (Å²) in [5.41, 5.74) is 7.05. The number of rotatable bonds is 2. The van der Waals surface area contributed by atoms with Crippen molar-refractivity contribution in [2.75, 3.05) is 5.73 Å². The van der Waals surface area contributed by atoms with Crippen LogP contribution in [0.25, 0.3) is 6.08 Å². The number of anilines is 1. The second kappa shape index (κ2) is 4.38. The van der Waals surface area contributed by atoms with E-state index in [1.54, 1.807) is 18.3 Å². The molecule has 0 atom stereocenters. The Balaban J connectivity index is 1.93. The van der Waals surface area contributed by atoms with Gasteiger partial charge in [-0.05, 0) is 24.6 Å². The van der Waals surface area contributed by atoms with Gasteiger partial charge in [-0.25, -0.2) is 9.37 Å². The molecule has 98 valence electrons. The second-order valence-corrected chi connectivity index (χ2v) is 4.54. The number of aryl methyl sites for hydroxylation is 1. The number of halogens is 1. The Labute approximate surface area is 108 Å². The highest BCUT2D eigenvalue weighted by Crippen LogP contribution is 2.22. The fourth-order valence-corrected chi connectivity index (χ4v) is 2.17. The molecule has 0 unspecified atom stereocenters. The van der Waals surface area contributed by atoms with Crippen molar-refractivity contribution in [3.63, 3.8) is 0 Å². The Morgan fingerprint density at radius 2 is 2.32 bits per heavy atom. The first kappa shape index (κ1) is 11.7. The number of nitrogens with one attached hydrogen (secondary N) is 1. The van der Waals surface area contributed by atoms with E-state index in [1.165, 1.54) is 10.6 Å². The smallest absolute Gasteiger partial charge is 0.274 e. The Morgan fingerprint density at radius 1 is 1.47 bits per heavy atom. The van der Waals surface area contributed by atoms with Crippen LogP contribution in [0.3, 0.4) is 0 Å². The number of fused-ring (bicyclic) bond motifs is 1. The molecule has 0 amide bonds. The van der Waals surface area contributed by atoms with Gasteiger partial charge in [-0.1, -0.05) is 0 Å². The molecule has 0 fully saturated rings. The van der Waals surface area contributed by atoms with Gasteiger partial charge in [0, 0.05) is 18.3 Å². The minimum atomic E-state index is -0.251. The third-order valence-electron chi connectivity index (χ3n) is 3.14. The van der Waals surface area contributed by atoms with E-state index < -0.39 is 0 Å². The van der Waals surface area contributed by atoms with Crippen molar-refractivity contribution in [2.45, 2.75) is 19.4 Å². The molecule has 2 aromatic heterocycles. The van der Waals surface area contributed by atoms with E-state index in [0.29, 0.717) is 30.9 Å². The molecule has 0 aromatic carbocycles. The molecule has 3 N–H and O–H groups in total. The lowest BCUT2D eigenvalue weighted by Crippen LogP contribution is -2.22. The molecule has 0 saturated carbocycles. The molecule has 1 aliphatic carbocycles. The molecule has 5 nitrogen and oxygen atoms in total. The highest BCUT2D eigenvalue weighted by molar-refractivity contribution is 5.52. The molecule has 6 heteroatoms. The number of allylic oxidation sites excluding steroid dienone is 1. The van der Waals surface area contributed by atoms with Crippen LogP contribution in [0.2, 0.25) is 0 Å². The maximum Gasteiger partial charge on any atom is 0.274 e. The van der Waals surface area contributed by atoms with Crippen LogP contribution < -0.4 is 11.3 Å². The molecule has 2 aromatic rings. The molecule has 3 rings (SSSR count). The van der Waals surface area contributed by atoms with Crippen molar-refractivity contribution in [2.24, 2.45) is 0 Å². The Kier molecular flexibility index (Phi) is 2.70. The first-order valence-electron chi connectivity index (χ1n) is 6.02. The van der Waals surface area contributed by atoms with Gasteiger partial charge in [0.2, 0.25) is 0 Å². The van der Waals surface area contributed by atoms with Crippen molar-refractivity contribution in [1.82, 2.24) is 14.5 Å². The fraction of sp³-hybridized carbons (Fsp3) is 0.231. The Morgan fingerprint density at radius 3 is 3.16 bits per heavy atom. The lowest BCUT2D eigenvalue weighted by molar-refractivity contribution is 0.588. The summed E-state index contributed by atoms with van der Waals surface area (Å²) in [7, 11) is 0.